The molecule has 0 saturated carbocycles. The van der Waals surface area contributed by atoms with Crippen LogP contribution >= 0.6 is 0 Å². The maximum Gasteiger partial charge on any atom is 0.321 e. The van der Waals surface area contributed by atoms with E-state index in [1.807, 2.05) is 0 Å². The molecule has 100 valence electrons. The topological polar surface area (TPSA) is 74.7 Å². The van der Waals surface area contributed by atoms with E-state index in [4.69, 9.17) is 5.11 Å². The van der Waals surface area contributed by atoms with Crippen LogP contribution in [0, 0.1) is 12.7 Å². The molecule has 0 fully saturated rings. The molecule has 0 spiro atoms. The molecule has 1 atom stereocenters. The summed E-state index contributed by atoms with van der Waals surface area (Å²) in [5.41, 5.74) is -0.0260. The molecule has 0 amide bonds. The van der Waals surface area contributed by atoms with Crippen molar-refractivity contribution in [3.8, 4) is 0 Å². The van der Waals surface area contributed by atoms with E-state index in [-0.39, 0.29) is 10.5 Å². The van der Waals surface area contributed by atoms with E-state index in [0.29, 0.717) is 4.31 Å². The maximum absolute atomic E-state index is 13.3. The molecule has 1 rings (SSSR count). The summed E-state index contributed by atoms with van der Waals surface area (Å²) in [6.45, 7) is 2.58. The first-order chi connectivity index (χ1) is 8.19. The van der Waals surface area contributed by atoms with Gasteiger partial charge in [-0.15, -0.1) is 0 Å². The second kappa shape index (κ2) is 5.03. The van der Waals surface area contributed by atoms with Gasteiger partial charge in [0.1, 0.15) is 11.9 Å². The number of carbonyl (C=O) groups is 1. The van der Waals surface area contributed by atoms with Crippen molar-refractivity contribution in [3.05, 3.63) is 29.6 Å². The van der Waals surface area contributed by atoms with Gasteiger partial charge in [-0.1, -0.05) is 6.07 Å². The number of carboxylic acids is 1. The van der Waals surface area contributed by atoms with Crippen molar-refractivity contribution < 1.29 is 22.7 Å². The number of rotatable bonds is 4. The Balaban J connectivity index is 3.30. The Morgan fingerprint density at radius 2 is 2.00 bits per heavy atom. The third-order valence-corrected chi connectivity index (χ3v) is 4.85. The number of benzene rings is 1. The van der Waals surface area contributed by atoms with E-state index in [9.17, 15) is 17.6 Å². The Morgan fingerprint density at radius 3 is 2.50 bits per heavy atom. The molecule has 18 heavy (non-hydrogen) atoms. The van der Waals surface area contributed by atoms with E-state index < -0.39 is 27.9 Å². The zero-order valence-electron chi connectivity index (χ0n) is 10.2. The van der Waals surface area contributed by atoms with Crippen LogP contribution in [0.25, 0.3) is 0 Å². The highest BCUT2D eigenvalue weighted by atomic mass is 32.2. The first-order valence-corrected chi connectivity index (χ1v) is 6.59. The van der Waals surface area contributed by atoms with E-state index in [2.05, 4.69) is 0 Å². The average Bonchev–Trinajstić information content (AvgIpc) is 2.30. The SMILES string of the molecule is Cc1c(F)cccc1S(=O)(=O)N(C)C(C)C(=O)O. The lowest BCUT2D eigenvalue weighted by Crippen LogP contribution is -2.40. The highest BCUT2D eigenvalue weighted by molar-refractivity contribution is 7.89. The Morgan fingerprint density at radius 1 is 1.44 bits per heavy atom. The monoisotopic (exact) mass is 275 g/mol. The molecule has 7 heteroatoms. The molecular formula is C11H14FNO4S. The van der Waals surface area contributed by atoms with Crippen molar-refractivity contribution in [3.63, 3.8) is 0 Å². The van der Waals surface area contributed by atoms with Crippen LogP contribution in [0.1, 0.15) is 12.5 Å². The molecule has 0 aliphatic rings. The fraction of sp³-hybridized carbons (Fsp3) is 0.364. The summed E-state index contributed by atoms with van der Waals surface area (Å²) < 4.78 is 38.3. The summed E-state index contributed by atoms with van der Waals surface area (Å²) in [6.07, 6.45) is 0. The van der Waals surface area contributed by atoms with Crippen molar-refractivity contribution in [1.82, 2.24) is 4.31 Å². The van der Waals surface area contributed by atoms with Gasteiger partial charge in [-0.2, -0.15) is 4.31 Å². The van der Waals surface area contributed by atoms with Gasteiger partial charge in [-0.05, 0) is 26.0 Å². The summed E-state index contributed by atoms with van der Waals surface area (Å²) in [4.78, 5) is 10.6. The molecule has 5 nitrogen and oxygen atoms in total. The zero-order valence-corrected chi connectivity index (χ0v) is 11.0. The summed E-state index contributed by atoms with van der Waals surface area (Å²) >= 11 is 0. The molecule has 1 unspecified atom stereocenters. The first-order valence-electron chi connectivity index (χ1n) is 5.15. The lowest BCUT2D eigenvalue weighted by molar-refractivity contribution is -0.140. The van der Waals surface area contributed by atoms with E-state index in [1.54, 1.807) is 0 Å². The third kappa shape index (κ3) is 2.51. The van der Waals surface area contributed by atoms with Crippen molar-refractivity contribution in [1.29, 1.82) is 0 Å². The number of nitrogens with zero attached hydrogens (tertiary/aromatic N) is 1. The van der Waals surface area contributed by atoms with Gasteiger partial charge in [0.05, 0.1) is 4.90 Å². The van der Waals surface area contributed by atoms with Gasteiger partial charge < -0.3 is 5.11 Å². The van der Waals surface area contributed by atoms with Gasteiger partial charge in [0, 0.05) is 12.6 Å². The minimum absolute atomic E-state index is 0.0260. The smallest absolute Gasteiger partial charge is 0.321 e. The molecule has 1 aromatic carbocycles. The molecule has 1 aromatic rings. The number of likely N-dealkylation sites (N-methyl/N-ethyl adjacent to an activating group) is 1. The van der Waals surface area contributed by atoms with Crippen LogP contribution in [0.15, 0.2) is 23.1 Å². The lowest BCUT2D eigenvalue weighted by atomic mass is 10.2. The molecule has 0 aromatic heterocycles. The highest BCUT2D eigenvalue weighted by Gasteiger charge is 2.30. The number of hydrogen-bond acceptors (Lipinski definition) is 3. The van der Waals surface area contributed by atoms with Gasteiger partial charge in [0.15, 0.2) is 0 Å². The van der Waals surface area contributed by atoms with Gasteiger partial charge in [-0.3, -0.25) is 4.79 Å². The quantitative estimate of drug-likeness (QED) is 0.896. The number of aliphatic carboxylic acids is 1. The van der Waals surface area contributed by atoms with Crippen molar-refractivity contribution in [2.45, 2.75) is 24.8 Å². The lowest BCUT2D eigenvalue weighted by Gasteiger charge is -2.22. The number of sulfonamides is 1. The van der Waals surface area contributed by atoms with Crippen LogP contribution in [0.4, 0.5) is 4.39 Å². The van der Waals surface area contributed by atoms with Crippen LogP contribution < -0.4 is 0 Å². The van der Waals surface area contributed by atoms with Crippen molar-refractivity contribution >= 4 is 16.0 Å². The van der Waals surface area contributed by atoms with E-state index in [1.165, 1.54) is 26.0 Å². The summed E-state index contributed by atoms with van der Waals surface area (Å²) in [7, 11) is -2.87. The minimum Gasteiger partial charge on any atom is -0.480 e. The maximum atomic E-state index is 13.3. The normalized spacial score (nSPS) is 13.6. The summed E-state index contributed by atoms with van der Waals surface area (Å²) in [6, 6.07) is 2.44. The van der Waals surface area contributed by atoms with Crippen molar-refractivity contribution in [2.24, 2.45) is 0 Å². The summed E-state index contributed by atoms with van der Waals surface area (Å²) in [5.74, 6) is -1.91. The van der Waals surface area contributed by atoms with Gasteiger partial charge in [0.2, 0.25) is 10.0 Å². The molecule has 0 radical (unpaired) electrons. The minimum atomic E-state index is -4.02. The van der Waals surface area contributed by atoms with Crippen LogP contribution in [-0.4, -0.2) is 36.9 Å². The Bertz CT molecular complexity index is 570. The molecule has 0 aliphatic carbocycles. The second-order valence-corrected chi connectivity index (χ2v) is 5.86. The standard InChI is InChI=1S/C11H14FNO4S/c1-7-9(12)5-4-6-10(7)18(16,17)13(3)8(2)11(14)15/h4-6,8H,1-3H3,(H,14,15). The van der Waals surface area contributed by atoms with Crippen LogP contribution in [0.5, 0.6) is 0 Å². The predicted octanol–water partition coefficient (Wildman–Crippen LogP) is 1.23. The van der Waals surface area contributed by atoms with E-state index >= 15 is 0 Å². The largest absolute Gasteiger partial charge is 0.480 e. The van der Waals surface area contributed by atoms with Gasteiger partial charge in [0.25, 0.3) is 0 Å². The predicted molar refractivity (Wildman–Crippen MR) is 63.2 cm³/mol. The molecular weight excluding hydrogens is 261 g/mol. The number of hydrogen-bond donors (Lipinski definition) is 1. The fourth-order valence-corrected chi connectivity index (χ4v) is 2.94. The molecule has 0 heterocycles. The first kappa shape index (κ1) is 14.6. The number of halogens is 1. The fourth-order valence-electron chi connectivity index (χ4n) is 1.39. The second-order valence-electron chi connectivity index (χ2n) is 3.90. The summed E-state index contributed by atoms with van der Waals surface area (Å²) in [5, 5.41) is 8.81. The van der Waals surface area contributed by atoms with Gasteiger partial charge >= 0.3 is 5.97 Å². The van der Waals surface area contributed by atoms with Crippen molar-refractivity contribution in [2.75, 3.05) is 7.05 Å². The Kier molecular flexibility index (Phi) is 4.08. The molecule has 1 N–H and O–H groups in total. The molecule has 0 saturated heterocycles. The molecule has 0 bridgehead atoms. The average molecular weight is 275 g/mol. The van der Waals surface area contributed by atoms with Crippen LogP contribution in [0.3, 0.4) is 0 Å². The molecule has 0 aliphatic heterocycles. The highest BCUT2D eigenvalue weighted by Crippen LogP contribution is 2.22. The van der Waals surface area contributed by atoms with Crippen LogP contribution in [0.2, 0.25) is 0 Å². The Hall–Kier alpha value is -1.47. The van der Waals surface area contributed by atoms with Gasteiger partial charge in [-0.25, -0.2) is 12.8 Å². The van der Waals surface area contributed by atoms with E-state index in [0.717, 1.165) is 13.1 Å². The van der Waals surface area contributed by atoms with Crippen LogP contribution in [-0.2, 0) is 14.8 Å². The third-order valence-electron chi connectivity index (χ3n) is 2.78. The number of carboxylic acid groups (broad SMARTS) is 1. The Labute approximate surface area is 105 Å². The zero-order chi connectivity index (χ0) is 14.1.